The molecule has 2 aliphatic carbocycles. The summed E-state index contributed by atoms with van der Waals surface area (Å²) >= 11 is 0. The largest absolute Gasteiger partial charge is 0.0530 e. The van der Waals surface area contributed by atoms with Gasteiger partial charge in [-0.25, -0.2) is 0 Å². The molecule has 0 amide bonds. The van der Waals surface area contributed by atoms with E-state index in [0.29, 0.717) is 0 Å². The first-order valence-electron chi connectivity index (χ1n) is 4.14. The van der Waals surface area contributed by atoms with E-state index in [1.165, 1.54) is 38.5 Å². The van der Waals surface area contributed by atoms with Gasteiger partial charge in [0.2, 0.25) is 0 Å². The van der Waals surface area contributed by atoms with E-state index in [0.717, 1.165) is 11.3 Å². The molecular formula is C9H15. The molecule has 0 unspecified atom stereocenters. The number of rotatable bonds is 1. The molecule has 0 heteroatoms. The Morgan fingerprint density at radius 3 is 2.33 bits per heavy atom. The number of hydrogen-bond donors (Lipinski definition) is 0. The molecule has 51 valence electrons. The van der Waals surface area contributed by atoms with E-state index < -0.39 is 0 Å². The Kier molecular flexibility index (Phi) is 1.12. The first-order valence-corrected chi connectivity index (χ1v) is 4.14. The van der Waals surface area contributed by atoms with Gasteiger partial charge in [-0.2, -0.15) is 0 Å². The Hall–Kier alpha value is 0. The van der Waals surface area contributed by atoms with Gasteiger partial charge in [0, 0.05) is 0 Å². The summed E-state index contributed by atoms with van der Waals surface area (Å²) in [5.74, 6) is 1.00. The Labute approximate surface area is 57.6 Å². The third-order valence-electron chi connectivity index (χ3n) is 3.27. The lowest BCUT2D eigenvalue weighted by molar-refractivity contribution is -0.0231. The second-order valence-electron chi connectivity index (χ2n) is 3.92. The van der Waals surface area contributed by atoms with Crippen molar-refractivity contribution in [2.24, 2.45) is 11.3 Å². The van der Waals surface area contributed by atoms with Crippen LogP contribution in [0.5, 0.6) is 0 Å². The zero-order chi connectivity index (χ0) is 6.32. The molecule has 0 heterocycles. The van der Waals surface area contributed by atoms with E-state index in [9.17, 15) is 0 Å². The summed E-state index contributed by atoms with van der Waals surface area (Å²) in [4.78, 5) is 0. The Morgan fingerprint density at radius 2 is 2.00 bits per heavy atom. The van der Waals surface area contributed by atoms with Gasteiger partial charge < -0.3 is 0 Å². The predicted octanol–water partition coefficient (Wildman–Crippen LogP) is 2.79. The predicted molar refractivity (Wildman–Crippen MR) is 39.0 cm³/mol. The van der Waals surface area contributed by atoms with Crippen LogP contribution in [0.3, 0.4) is 0 Å². The second kappa shape index (κ2) is 1.74. The van der Waals surface area contributed by atoms with Crippen molar-refractivity contribution in [1.29, 1.82) is 0 Å². The maximum Gasteiger partial charge on any atom is -0.0292 e. The molecule has 1 spiro atoms. The molecule has 0 bridgehead atoms. The zero-order valence-electron chi connectivity index (χ0n) is 6.03. The Balaban J connectivity index is 1.82. The monoisotopic (exact) mass is 123 g/mol. The van der Waals surface area contributed by atoms with Crippen LogP contribution in [0.15, 0.2) is 0 Å². The van der Waals surface area contributed by atoms with E-state index in [1.54, 1.807) is 0 Å². The SMILES string of the molecule is [CH2]CC1CC2(CCC2)C1. The molecule has 0 aromatic rings. The topological polar surface area (TPSA) is 0 Å². The maximum absolute atomic E-state index is 3.93. The van der Waals surface area contributed by atoms with Crippen molar-refractivity contribution in [2.75, 3.05) is 0 Å². The molecule has 0 aliphatic heterocycles. The van der Waals surface area contributed by atoms with Crippen molar-refractivity contribution >= 4 is 0 Å². The fraction of sp³-hybridized carbons (Fsp3) is 0.889. The van der Waals surface area contributed by atoms with Crippen LogP contribution in [0.2, 0.25) is 0 Å². The molecule has 1 radical (unpaired) electrons. The van der Waals surface area contributed by atoms with Crippen LogP contribution in [0, 0.1) is 18.3 Å². The van der Waals surface area contributed by atoms with Crippen LogP contribution in [-0.4, -0.2) is 0 Å². The molecule has 0 aromatic carbocycles. The first-order chi connectivity index (χ1) is 4.35. The summed E-state index contributed by atoms with van der Waals surface area (Å²) in [6, 6.07) is 0. The highest BCUT2D eigenvalue weighted by Crippen LogP contribution is 2.59. The van der Waals surface area contributed by atoms with Gasteiger partial charge in [0.25, 0.3) is 0 Å². The summed E-state index contributed by atoms with van der Waals surface area (Å²) in [5, 5.41) is 0. The lowest BCUT2D eigenvalue weighted by atomic mass is 9.51. The average molecular weight is 123 g/mol. The minimum Gasteiger partial charge on any atom is -0.0530 e. The van der Waals surface area contributed by atoms with Crippen LogP contribution in [-0.2, 0) is 0 Å². The molecule has 0 nitrogen and oxygen atoms in total. The molecule has 0 N–H and O–H groups in total. The third-order valence-corrected chi connectivity index (χ3v) is 3.27. The molecule has 0 aromatic heterocycles. The standard InChI is InChI=1S/C9H15/c1-2-8-6-9(7-8)4-3-5-9/h8H,1-7H2. The van der Waals surface area contributed by atoms with Gasteiger partial charge in [-0.3, -0.25) is 0 Å². The van der Waals surface area contributed by atoms with Gasteiger partial charge in [-0.15, -0.1) is 0 Å². The van der Waals surface area contributed by atoms with Gasteiger partial charge in [-0.1, -0.05) is 19.8 Å². The quantitative estimate of drug-likeness (QED) is 0.503. The third kappa shape index (κ3) is 0.720. The van der Waals surface area contributed by atoms with Gasteiger partial charge in [0.05, 0.1) is 0 Å². The van der Waals surface area contributed by atoms with Crippen molar-refractivity contribution in [2.45, 2.75) is 38.5 Å². The van der Waals surface area contributed by atoms with Crippen LogP contribution in [0.4, 0.5) is 0 Å². The summed E-state index contributed by atoms with van der Waals surface area (Å²) in [6.45, 7) is 3.93. The molecular weight excluding hydrogens is 108 g/mol. The lowest BCUT2D eigenvalue weighted by Crippen LogP contribution is -2.42. The maximum atomic E-state index is 3.93. The summed E-state index contributed by atoms with van der Waals surface area (Å²) in [5.41, 5.74) is 0.877. The highest BCUT2D eigenvalue weighted by atomic mass is 14.5. The van der Waals surface area contributed by atoms with Crippen LogP contribution < -0.4 is 0 Å². The van der Waals surface area contributed by atoms with Crippen molar-refractivity contribution in [3.8, 4) is 0 Å². The minimum absolute atomic E-state index is 0.877. The van der Waals surface area contributed by atoms with Crippen molar-refractivity contribution in [3.63, 3.8) is 0 Å². The molecule has 2 rings (SSSR count). The molecule has 9 heavy (non-hydrogen) atoms. The van der Waals surface area contributed by atoms with Crippen molar-refractivity contribution < 1.29 is 0 Å². The van der Waals surface area contributed by atoms with Crippen LogP contribution in [0.25, 0.3) is 0 Å². The lowest BCUT2D eigenvalue weighted by Gasteiger charge is -2.54. The summed E-state index contributed by atoms with van der Waals surface area (Å²) in [7, 11) is 0. The Bertz CT molecular complexity index is 103. The van der Waals surface area contributed by atoms with E-state index in [-0.39, 0.29) is 0 Å². The molecule has 2 saturated carbocycles. The zero-order valence-corrected chi connectivity index (χ0v) is 6.03. The second-order valence-corrected chi connectivity index (χ2v) is 3.92. The van der Waals surface area contributed by atoms with Gasteiger partial charge in [0.1, 0.15) is 0 Å². The highest BCUT2D eigenvalue weighted by Gasteiger charge is 2.46. The van der Waals surface area contributed by atoms with Crippen molar-refractivity contribution in [1.82, 2.24) is 0 Å². The van der Waals surface area contributed by atoms with Gasteiger partial charge >= 0.3 is 0 Å². The highest BCUT2D eigenvalue weighted by molar-refractivity contribution is 4.98. The van der Waals surface area contributed by atoms with Gasteiger partial charge in [-0.05, 0) is 37.0 Å². The van der Waals surface area contributed by atoms with E-state index in [4.69, 9.17) is 0 Å². The minimum atomic E-state index is 0.877. The van der Waals surface area contributed by atoms with E-state index in [2.05, 4.69) is 6.92 Å². The summed E-state index contributed by atoms with van der Waals surface area (Å²) < 4.78 is 0. The molecule has 2 fully saturated rings. The van der Waals surface area contributed by atoms with Crippen molar-refractivity contribution in [3.05, 3.63) is 6.92 Å². The van der Waals surface area contributed by atoms with Crippen LogP contribution >= 0.6 is 0 Å². The summed E-state index contributed by atoms with van der Waals surface area (Å²) in [6.07, 6.45) is 8.77. The smallest absolute Gasteiger partial charge is 0.0292 e. The van der Waals surface area contributed by atoms with Crippen LogP contribution in [0.1, 0.15) is 38.5 Å². The Morgan fingerprint density at radius 1 is 1.33 bits per heavy atom. The molecule has 2 aliphatic rings. The van der Waals surface area contributed by atoms with Gasteiger partial charge in [0.15, 0.2) is 0 Å². The molecule has 0 atom stereocenters. The number of hydrogen-bond acceptors (Lipinski definition) is 0. The average Bonchev–Trinajstić information content (AvgIpc) is 1.59. The normalized spacial score (nSPS) is 31.7. The van der Waals surface area contributed by atoms with E-state index in [1.807, 2.05) is 0 Å². The molecule has 0 saturated heterocycles. The first kappa shape index (κ1) is 5.76. The fourth-order valence-electron chi connectivity index (χ4n) is 2.45. The van der Waals surface area contributed by atoms with E-state index >= 15 is 0 Å². The fourth-order valence-corrected chi connectivity index (χ4v) is 2.45.